The van der Waals surface area contributed by atoms with Crippen molar-refractivity contribution in [1.82, 2.24) is 25.6 Å². The topological polar surface area (TPSA) is 79.4 Å². The minimum atomic E-state index is -0.0733. The molecule has 1 aromatic carbocycles. The monoisotopic (exact) mass is 318 g/mol. The van der Waals surface area contributed by atoms with Crippen LogP contribution in [-0.4, -0.2) is 25.6 Å². The number of H-pyrrole nitrogens is 1. The zero-order valence-electron chi connectivity index (χ0n) is 10.1. The SMILES string of the molecule is CC(Nc1nccc2c(Br)cccc12)c1nn[nH]n1. The van der Waals surface area contributed by atoms with Crippen LogP contribution in [-0.2, 0) is 0 Å². The second-order valence-electron chi connectivity index (χ2n) is 4.13. The lowest BCUT2D eigenvalue weighted by Crippen LogP contribution is -2.10. The summed E-state index contributed by atoms with van der Waals surface area (Å²) in [4.78, 5) is 4.38. The number of aromatic nitrogens is 5. The zero-order valence-corrected chi connectivity index (χ0v) is 11.7. The van der Waals surface area contributed by atoms with E-state index in [1.807, 2.05) is 31.2 Å². The van der Waals surface area contributed by atoms with Crippen molar-refractivity contribution in [1.29, 1.82) is 0 Å². The number of aromatic amines is 1. The fourth-order valence-corrected chi connectivity index (χ4v) is 2.40. The summed E-state index contributed by atoms with van der Waals surface area (Å²) in [5.41, 5.74) is 0. The Balaban J connectivity index is 1.99. The molecule has 0 amide bonds. The van der Waals surface area contributed by atoms with Gasteiger partial charge < -0.3 is 5.32 Å². The van der Waals surface area contributed by atoms with Gasteiger partial charge in [0.25, 0.3) is 0 Å². The van der Waals surface area contributed by atoms with Crippen molar-refractivity contribution in [2.45, 2.75) is 13.0 Å². The van der Waals surface area contributed by atoms with Gasteiger partial charge in [-0.25, -0.2) is 4.98 Å². The molecule has 0 saturated carbocycles. The molecule has 2 aromatic heterocycles. The standard InChI is InChI=1S/C12H11BrN6/c1-7(11-16-18-19-17-11)15-12-9-3-2-4-10(13)8(9)5-6-14-12/h2-7H,1H3,(H,14,15)(H,16,17,18,19). The molecule has 7 heteroatoms. The third-order valence-corrected chi connectivity index (χ3v) is 3.55. The molecule has 19 heavy (non-hydrogen) atoms. The van der Waals surface area contributed by atoms with Crippen LogP contribution in [0.25, 0.3) is 10.8 Å². The molecule has 2 N–H and O–H groups in total. The summed E-state index contributed by atoms with van der Waals surface area (Å²) >= 11 is 3.54. The Morgan fingerprint density at radius 1 is 1.26 bits per heavy atom. The normalized spacial score (nSPS) is 12.5. The number of hydrogen-bond acceptors (Lipinski definition) is 5. The summed E-state index contributed by atoms with van der Waals surface area (Å²) in [6.45, 7) is 1.96. The number of hydrogen-bond donors (Lipinski definition) is 2. The molecule has 0 spiro atoms. The molecule has 0 fully saturated rings. The van der Waals surface area contributed by atoms with Gasteiger partial charge in [-0.2, -0.15) is 5.21 Å². The maximum Gasteiger partial charge on any atom is 0.196 e. The van der Waals surface area contributed by atoms with Crippen molar-refractivity contribution in [2.24, 2.45) is 0 Å². The van der Waals surface area contributed by atoms with Gasteiger partial charge in [-0.15, -0.1) is 10.2 Å². The Labute approximate surface area is 117 Å². The molecular weight excluding hydrogens is 308 g/mol. The van der Waals surface area contributed by atoms with Crippen LogP contribution >= 0.6 is 15.9 Å². The first kappa shape index (κ1) is 12.0. The number of benzene rings is 1. The zero-order chi connectivity index (χ0) is 13.2. The third-order valence-electron chi connectivity index (χ3n) is 2.86. The Bertz CT molecular complexity index is 697. The molecule has 96 valence electrons. The first-order chi connectivity index (χ1) is 9.25. The summed E-state index contributed by atoms with van der Waals surface area (Å²) in [6, 6.07) is 7.92. The fourth-order valence-electron chi connectivity index (χ4n) is 1.91. The van der Waals surface area contributed by atoms with E-state index >= 15 is 0 Å². The first-order valence-electron chi connectivity index (χ1n) is 5.79. The van der Waals surface area contributed by atoms with Gasteiger partial charge in [0.15, 0.2) is 5.82 Å². The van der Waals surface area contributed by atoms with Crippen molar-refractivity contribution in [3.63, 3.8) is 0 Å². The number of anilines is 1. The highest BCUT2D eigenvalue weighted by Crippen LogP contribution is 2.29. The van der Waals surface area contributed by atoms with Gasteiger partial charge in [0.1, 0.15) is 5.82 Å². The molecule has 0 aliphatic heterocycles. The van der Waals surface area contributed by atoms with E-state index in [-0.39, 0.29) is 6.04 Å². The summed E-state index contributed by atoms with van der Waals surface area (Å²) in [5, 5.41) is 19.4. The number of halogens is 1. The van der Waals surface area contributed by atoms with Crippen LogP contribution in [0.15, 0.2) is 34.9 Å². The predicted molar refractivity (Wildman–Crippen MR) is 75.7 cm³/mol. The summed E-state index contributed by atoms with van der Waals surface area (Å²) in [6.07, 6.45) is 1.78. The van der Waals surface area contributed by atoms with Crippen LogP contribution in [0.1, 0.15) is 18.8 Å². The van der Waals surface area contributed by atoms with Crippen molar-refractivity contribution in [2.75, 3.05) is 5.32 Å². The van der Waals surface area contributed by atoms with E-state index < -0.39 is 0 Å². The first-order valence-corrected chi connectivity index (χ1v) is 6.58. The molecule has 1 atom stereocenters. The highest BCUT2D eigenvalue weighted by Gasteiger charge is 2.12. The Kier molecular flexibility index (Phi) is 3.12. The molecule has 0 aliphatic carbocycles. The van der Waals surface area contributed by atoms with E-state index in [0.717, 1.165) is 21.1 Å². The van der Waals surface area contributed by atoms with Crippen LogP contribution < -0.4 is 5.32 Å². The van der Waals surface area contributed by atoms with E-state index in [1.165, 1.54) is 0 Å². The number of nitrogens with zero attached hydrogens (tertiary/aromatic N) is 4. The highest BCUT2D eigenvalue weighted by molar-refractivity contribution is 9.10. The van der Waals surface area contributed by atoms with E-state index in [9.17, 15) is 0 Å². The van der Waals surface area contributed by atoms with Crippen molar-refractivity contribution >= 4 is 32.5 Å². The van der Waals surface area contributed by atoms with Crippen LogP contribution in [0.2, 0.25) is 0 Å². The average molecular weight is 319 g/mol. The van der Waals surface area contributed by atoms with Crippen LogP contribution in [0.5, 0.6) is 0 Å². The maximum absolute atomic E-state index is 4.38. The molecule has 0 saturated heterocycles. The van der Waals surface area contributed by atoms with E-state index in [1.54, 1.807) is 6.20 Å². The Morgan fingerprint density at radius 2 is 2.16 bits per heavy atom. The van der Waals surface area contributed by atoms with Crippen molar-refractivity contribution in [3.05, 3.63) is 40.8 Å². The second kappa shape index (κ2) is 4.93. The minimum absolute atomic E-state index is 0.0733. The maximum atomic E-state index is 4.38. The largest absolute Gasteiger partial charge is 0.360 e. The van der Waals surface area contributed by atoms with E-state index in [0.29, 0.717) is 5.82 Å². The number of pyridine rings is 1. The van der Waals surface area contributed by atoms with Crippen LogP contribution in [0.4, 0.5) is 5.82 Å². The average Bonchev–Trinajstić information content (AvgIpc) is 2.94. The highest BCUT2D eigenvalue weighted by atomic mass is 79.9. The molecule has 0 aliphatic rings. The van der Waals surface area contributed by atoms with Crippen molar-refractivity contribution < 1.29 is 0 Å². The van der Waals surface area contributed by atoms with Gasteiger partial charge in [0, 0.05) is 21.4 Å². The third kappa shape index (κ3) is 2.28. The quantitative estimate of drug-likeness (QED) is 0.776. The Hall–Kier alpha value is -2.02. The molecular formula is C12H11BrN6. The van der Waals surface area contributed by atoms with Crippen LogP contribution in [0.3, 0.4) is 0 Å². The van der Waals surface area contributed by atoms with Crippen molar-refractivity contribution in [3.8, 4) is 0 Å². The number of nitrogens with one attached hydrogen (secondary N) is 2. The van der Waals surface area contributed by atoms with Crippen LogP contribution in [0, 0.1) is 0 Å². The number of rotatable bonds is 3. The van der Waals surface area contributed by atoms with E-state index in [2.05, 4.69) is 46.9 Å². The fraction of sp³-hybridized carbons (Fsp3) is 0.167. The second-order valence-corrected chi connectivity index (χ2v) is 4.98. The Morgan fingerprint density at radius 3 is 2.95 bits per heavy atom. The van der Waals surface area contributed by atoms with Gasteiger partial charge in [0.05, 0.1) is 6.04 Å². The smallest absolute Gasteiger partial charge is 0.196 e. The summed E-state index contributed by atoms with van der Waals surface area (Å²) in [7, 11) is 0. The van der Waals surface area contributed by atoms with E-state index in [4.69, 9.17) is 0 Å². The summed E-state index contributed by atoms with van der Waals surface area (Å²) in [5.74, 6) is 1.41. The summed E-state index contributed by atoms with van der Waals surface area (Å²) < 4.78 is 1.04. The molecule has 6 nitrogen and oxygen atoms in total. The number of fused-ring (bicyclic) bond motifs is 1. The molecule has 0 bridgehead atoms. The van der Waals surface area contributed by atoms with Gasteiger partial charge in [-0.1, -0.05) is 33.3 Å². The van der Waals surface area contributed by atoms with Gasteiger partial charge >= 0.3 is 0 Å². The lowest BCUT2D eigenvalue weighted by atomic mass is 10.1. The van der Waals surface area contributed by atoms with Gasteiger partial charge in [-0.3, -0.25) is 0 Å². The molecule has 3 aromatic rings. The molecule has 1 unspecified atom stereocenters. The van der Waals surface area contributed by atoms with Gasteiger partial charge in [-0.05, 0) is 19.1 Å². The molecule has 0 radical (unpaired) electrons. The minimum Gasteiger partial charge on any atom is -0.360 e. The lowest BCUT2D eigenvalue weighted by molar-refractivity contribution is 0.789. The molecule has 2 heterocycles. The van der Waals surface area contributed by atoms with Gasteiger partial charge in [0.2, 0.25) is 0 Å². The lowest BCUT2D eigenvalue weighted by Gasteiger charge is -2.13. The number of tetrazole rings is 1. The predicted octanol–water partition coefficient (Wildman–Crippen LogP) is 2.68. The molecule has 3 rings (SSSR count).